The second-order valence-corrected chi connectivity index (χ2v) is 8.19. The predicted octanol–water partition coefficient (Wildman–Crippen LogP) is 4.53. The molecule has 2 unspecified atom stereocenters. The van der Waals surface area contributed by atoms with E-state index in [9.17, 15) is 13.9 Å². The predicted molar refractivity (Wildman–Crippen MR) is 105 cm³/mol. The Morgan fingerprint density at radius 2 is 1.85 bits per heavy atom. The van der Waals surface area contributed by atoms with Crippen LogP contribution in [-0.2, 0) is 6.42 Å². The summed E-state index contributed by atoms with van der Waals surface area (Å²) in [5.41, 5.74) is 0.138. The second kappa shape index (κ2) is 7.60. The number of fused-ring (bicyclic) bond motifs is 1. The van der Waals surface area contributed by atoms with Crippen molar-refractivity contribution in [2.24, 2.45) is 4.99 Å². The lowest BCUT2D eigenvalue weighted by atomic mass is 9.93. The first-order valence-corrected chi connectivity index (χ1v) is 10.2. The number of halogens is 2. The average Bonchev–Trinajstić information content (AvgIpc) is 2.85. The molecule has 0 bridgehead atoms. The van der Waals surface area contributed by atoms with Gasteiger partial charge in [0.1, 0.15) is 11.6 Å². The van der Waals surface area contributed by atoms with Gasteiger partial charge in [0.05, 0.1) is 5.25 Å². The van der Waals surface area contributed by atoms with Gasteiger partial charge in [-0.3, -0.25) is 4.99 Å². The quantitative estimate of drug-likeness (QED) is 0.839. The van der Waals surface area contributed by atoms with Crippen LogP contribution in [0, 0.1) is 11.6 Å². The highest BCUT2D eigenvalue weighted by molar-refractivity contribution is 8.14. The summed E-state index contributed by atoms with van der Waals surface area (Å²) >= 11 is 1.47. The van der Waals surface area contributed by atoms with Crippen molar-refractivity contribution in [2.75, 3.05) is 13.1 Å². The molecule has 0 spiro atoms. The van der Waals surface area contributed by atoms with Gasteiger partial charge in [0.25, 0.3) is 0 Å². The fourth-order valence-corrected chi connectivity index (χ4v) is 5.29. The summed E-state index contributed by atoms with van der Waals surface area (Å²) in [5.74, 6) is -0.659. The molecule has 2 heterocycles. The topological polar surface area (TPSA) is 35.8 Å². The summed E-state index contributed by atoms with van der Waals surface area (Å²) in [6.45, 7) is 1.41. The van der Waals surface area contributed by atoms with Gasteiger partial charge < -0.3 is 10.0 Å². The van der Waals surface area contributed by atoms with E-state index in [1.165, 1.54) is 36.0 Å². The third-order valence-corrected chi connectivity index (χ3v) is 6.58. The van der Waals surface area contributed by atoms with Crippen molar-refractivity contribution in [3.8, 4) is 0 Å². The molecule has 0 radical (unpaired) electrons. The summed E-state index contributed by atoms with van der Waals surface area (Å²) in [4.78, 5) is 6.62. The molecule has 142 valence electrons. The van der Waals surface area contributed by atoms with Crippen LogP contribution in [0.15, 0.2) is 53.5 Å². The van der Waals surface area contributed by atoms with E-state index >= 15 is 0 Å². The van der Waals surface area contributed by atoms with E-state index in [0.29, 0.717) is 17.7 Å². The molecule has 2 aromatic rings. The van der Waals surface area contributed by atoms with Crippen LogP contribution >= 0.6 is 11.8 Å². The van der Waals surface area contributed by atoms with Crippen molar-refractivity contribution >= 4 is 16.9 Å². The maximum Gasteiger partial charge on any atom is 0.162 e. The van der Waals surface area contributed by atoms with E-state index in [1.807, 2.05) is 17.0 Å². The third-order valence-electron chi connectivity index (χ3n) is 5.13. The first kappa shape index (κ1) is 18.4. The number of amidine groups is 1. The Balaban J connectivity index is 1.77. The number of aliphatic imine (C=N–C) groups is 1. The van der Waals surface area contributed by atoms with Crippen molar-refractivity contribution < 1.29 is 13.9 Å². The number of hydrogen-bond donors (Lipinski definition) is 1. The smallest absolute Gasteiger partial charge is 0.162 e. The number of hydrogen-bond acceptors (Lipinski definition) is 4. The van der Waals surface area contributed by atoms with Gasteiger partial charge in [-0.15, -0.1) is 0 Å². The standard InChI is InChI=1S/C21H22F2N2OS/c22-17-8-4-6-15(12-17)14-21(26)19(16-7-5-9-18(23)13-16)27-20-24-10-2-1-3-11-25(20)21/h4-9,12-13,19,26H,1-3,10-11,14H2. The molecule has 2 aliphatic heterocycles. The molecule has 0 saturated carbocycles. The Morgan fingerprint density at radius 3 is 2.63 bits per heavy atom. The van der Waals surface area contributed by atoms with E-state index in [2.05, 4.69) is 4.99 Å². The molecule has 1 saturated heterocycles. The molecule has 2 aliphatic rings. The minimum absolute atomic E-state index is 0.248. The summed E-state index contributed by atoms with van der Waals surface area (Å²) in [6.07, 6.45) is 3.29. The van der Waals surface area contributed by atoms with Gasteiger partial charge in [-0.1, -0.05) is 36.0 Å². The average molecular weight is 388 g/mol. The van der Waals surface area contributed by atoms with Crippen LogP contribution in [0.5, 0.6) is 0 Å². The molecule has 1 fully saturated rings. The molecule has 3 nitrogen and oxygen atoms in total. The molecule has 4 rings (SSSR count). The normalized spacial score (nSPS) is 25.5. The summed E-state index contributed by atoms with van der Waals surface area (Å²) < 4.78 is 27.6. The van der Waals surface area contributed by atoms with Crippen molar-refractivity contribution in [1.82, 2.24) is 4.90 Å². The van der Waals surface area contributed by atoms with Crippen molar-refractivity contribution in [3.63, 3.8) is 0 Å². The van der Waals surface area contributed by atoms with Gasteiger partial charge in [-0.05, 0) is 54.7 Å². The van der Waals surface area contributed by atoms with Gasteiger partial charge in [0.2, 0.25) is 0 Å². The van der Waals surface area contributed by atoms with Crippen LogP contribution in [0.2, 0.25) is 0 Å². The van der Waals surface area contributed by atoms with Gasteiger partial charge in [0, 0.05) is 19.5 Å². The molecule has 0 amide bonds. The molecule has 0 aromatic heterocycles. The number of benzene rings is 2. The van der Waals surface area contributed by atoms with Crippen LogP contribution < -0.4 is 0 Å². The molecule has 27 heavy (non-hydrogen) atoms. The zero-order valence-electron chi connectivity index (χ0n) is 14.9. The lowest BCUT2D eigenvalue weighted by Gasteiger charge is -2.38. The molecular weight excluding hydrogens is 366 g/mol. The number of thioether (sulfide) groups is 1. The van der Waals surface area contributed by atoms with Gasteiger partial charge >= 0.3 is 0 Å². The SMILES string of the molecule is OC1(Cc2cccc(F)c2)C(c2cccc(F)c2)SC2=NCCCCCN21. The Bertz CT molecular complexity index is 860. The van der Waals surface area contributed by atoms with Crippen LogP contribution in [0.25, 0.3) is 0 Å². The Hall–Kier alpha value is -1.92. The first-order valence-electron chi connectivity index (χ1n) is 9.27. The van der Waals surface area contributed by atoms with Crippen LogP contribution in [-0.4, -0.2) is 34.0 Å². The highest BCUT2D eigenvalue weighted by atomic mass is 32.2. The van der Waals surface area contributed by atoms with E-state index in [1.54, 1.807) is 12.1 Å². The molecular formula is C21H22F2N2OS. The first-order chi connectivity index (χ1) is 13.1. The maximum absolute atomic E-state index is 13.9. The molecule has 2 aromatic carbocycles. The molecule has 6 heteroatoms. The van der Waals surface area contributed by atoms with E-state index in [4.69, 9.17) is 0 Å². The van der Waals surface area contributed by atoms with E-state index in [-0.39, 0.29) is 18.1 Å². The van der Waals surface area contributed by atoms with Gasteiger partial charge in [-0.25, -0.2) is 8.78 Å². The van der Waals surface area contributed by atoms with Gasteiger partial charge in [-0.2, -0.15) is 0 Å². The maximum atomic E-state index is 13.9. The molecule has 1 N–H and O–H groups in total. The number of rotatable bonds is 3. The highest BCUT2D eigenvalue weighted by Crippen LogP contribution is 2.51. The lowest BCUT2D eigenvalue weighted by Crippen LogP contribution is -2.51. The fraction of sp³-hybridized carbons (Fsp3) is 0.381. The van der Waals surface area contributed by atoms with E-state index < -0.39 is 11.0 Å². The lowest BCUT2D eigenvalue weighted by molar-refractivity contribution is -0.0649. The zero-order valence-corrected chi connectivity index (χ0v) is 15.8. The Kier molecular flexibility index (Phi) is 5.19. The van der Waals surface area contributed by atoms with E-state index in [0.717, 1.165) is 31.0 Å². The van der Waals surface area contributed by atoms with Crippen molar-refractivity contribution in [2.45, 2.75) is 36.7 Å². The minimum atomic E-state index is -1.29. The summed E-state index contributed by atoms with van der Waals surface area (Å²) in [7, 11) is 0. The number of nitrogens with zero attached hydrogens (tertiary/aromatic N) is 2. The minimum Gasteiger partial charge on any atom is -0.369 e. The third kappa shape index (κ3) is 3.73. The summed E-state index contributed by atoms with van der Waals surface area (Å²) in [5, 5.41) is 12.2. The molecule has 0 aliphatic carbocycles. The largest absolute Gasteiger partial charge is 0.369 e. The summed E-state index contributed by atoms with van der Waals surface area (Å²) in [6, 6.07) is 12.7. The highest BCUT2D eigenvalue weighted by Gasteiger charge is 2.52. The Morgan fingerprint density at radius 1 is 1.07 bits per heavy atom. The van der Waals surface area contributed by atoms with Crippen molar-refractivity contribution in [1.29, 1.82) is 0 Å². The van der Waals surface area contributed by atoms with Crippen LogP contribution in [0.3, 0.4) is 0 Å². The van der Waals surface area contributed by atoms with Crippen molar-refractivity contribution in [3.05, 3.63) is 71.3 Å². The molecule has 2 atom stereocenters. The zero-order chi connectivity index (χ0) is 18.9. The second-order valence-electron chi connectivity index (χ2n) is 7.11. The van der Waals surface area contributed by atoms with Crippen LogP contribution in [0.1, 0.15) is 35.6 Å². The number of aliphatic hydroxyl groups is 1. The van der Waals surface area contributed by atoms with Gasteiger partial charge in [0.15, 0.2) is 10.9 Å². The monoisotopic (exact) mass is 388 g/mol. The fourth-order valence-electron chi connectivity index (χ4n) is 3.86. The van der Waals surface area contributed by atoms with Crippen LogP contribution in [0.4, 0.5) is 8.78 Å². The Labute approximate surface area is 162 Å².